The molecule has 0 radical (unpaired) electrons. The van der Waals surface area contributed by atoms with E-state index in [9.17, 15) is 0 Å². The van der Waals surface area contributed by atoms with Crippen LogP contribution in [0.25, 0.3) is 0 Å². The monoisotopic (exact) mass is 236 g/mol. The third kappa shape index (κ3) is 2.64. The zero-order chi connectivity index (χ0) is 12.3. The highest BCUT2D eigenvalue weighted by atomic mass is 16.5. The molecule has 0 aliphatic carbocycles. The molecule has 2 rings (SSSR count). The van der Waals surface area contributed by atoms with Crippen molar-refractivity contribution in [3.05, 3.63) is 18.2 Å². The third-order valence-corrected chi connectivity index (χ3v) is 3.36. The SMILES string of the molecule is COc1cc(N2CCC(OC)CC2)ccc1N. The molecule has 1 aromatic rings. The molecular weight excluding hydrogens is 216 g/mol. The van der Waals surface area contributed by atoms with Crippen molar-refractivity contribution in [2.24, 2.45) is 0 Å². The van der Waals surface area contributed by atoms with E-state index >= 15 is 0 Å². The first-order chi connectivity index (χ1) is 8.24. The van der Waals surface area contributed by atoms with Gasteiger partial charge in [-0.2, -0.15) is 0 Å². The highest BCUT2D eigenvalue weighted by Gasteiger charge is 2.19. The van der Waals surface area contributed by atoms with Crippen LogP contribution in [0.2, 0.25) is 0 Å². The van der Waals surface area contributed by atoms with Gasteiger partial charge < -0.3 is 20.1 Å². The van der Waals surface area contributed by atoms with Crippen LogP contribution in [-0.4, -0.2) is 33.4 Å². The summed E-state index contributed by atoms with van der Waals surface area (Å²) in [6.07, 6.45) is 2.55. The normalized spacial score (nSPS) is 17.2. The molecule has 1 aliphatic rings. The summed E-state index contributed by atoms with van der Waals surface area (Å²) in [6.45, 7) is 2.04. The molecule has 1 heterocycles. The van der Waals surface area contributed by atoms with Gasteiger partial charge in [0.25, 0.3) is 0 Å². The summed E-state index contributed by atoms with van der Waals surface area (Å²) in [5.74, 6) is 0.747. The van der Waals surface area contributed by atoms with E-state index in [1.54, 1.807) is 14.2 Å². The number of piperidine rings is 1. The molecule has 2 N–H and O–H groups in total. The number of nitrogens with zero attached hydrogens (tertiary/aromatic N) is 1. The van der Waals surface area contributed by atoms with Gasteiger partial charge in [-0.1, -0.05) is 0 Å². The molecule has 1 saturated heterocycles. The first-order valence-corrected chi connectivity index (χ1v) is 5.96. The summed E-state index contributed by atoms with van der Waals surface area (Å²) in [7, 11) is 3.43. The maximum Gasteiger partial charge on any atom is 0.143 e. The predicted octanol–water partition coefficient (Wildman–Crippen LogP) is 1.89. The molecule has 0 bridgehead atoms. The Morgan fingerprint density at radius 3 is 2.53 bits per heavy atom. The molecule has 0 amide bonds. The Hall–Kier alpha value is -1.42. The van der Waals surface area contributed by atoms with E-state index < -0.39 is 0 Å². The minimum Gasteiger partial charge on any atom is -0.495 e. The first kappa shape index (κ1) is 12.0. The number of rotatable bonds is 3. The van der Waals surface area contributed by atoms with Crippen molar-refractivity contribution >= 4 is 11.4 Å². The molecule has 17 heavy (non-hydrogen) atoms. The number of ether oxygens (including phenoxy) is 2. The predicted molar refractivity (Wildman–Crippen MR) is 69.7 cm³/mol. The molecule has 0 spiro atoms. The highest BCUT2D eigenvalue weighted by molar-refractivity contribution is 5.62. The summed E-state index contributed by atoms with van der Waals surface area (Å²) in [5, 5.41) is 0. The molecule has 1 fully saturated rings. The maximum atomic E-state index is 5.81. The maximum absolute atomic E-state index is 5.81. The molecule has 0 saturated carbocycles. The number of methoxy groups -OCH3 is 2. The van der Waals surface area contributed by atoms with Gasteiger partial charge in [0.1, 0.15) is 5.75 Å². The minimum atomic E-state index is 0.405. The van der Waals surface area contributed by atoms with Crippen LogP contribution in [0.3, 0.4) is 0 Å². The fraction of sp³-hybridized carbons (Fsp3) is 0.538. The number of anilines is 2. The van der Waals surface area contributed by atoms with Crippen LogP contribution in [0.1, 0.15) is 12.8 Å². The molecule has 94 valence electrons. The quantitative estimate of drug-likeness (QED) is 0.814. The van der Waals surface area contributed by atoms with E-state index in [1.165, 1.54) is 5.69 Å². The second-order valence-corrected chi connectivity index (χ2v) is 4.35. The number of hydrogen-bond donors (Lipinski definition) is 1. The summed E-state index contributed by atoms with van der Waals surface area (Å²) in [4.78, 5) is 2.34. The number of hydrogen-bond acceptors (Lipinski definition) is 4. The van der Waals surface area contributed by atoms with Crippen molar-refractivity contribution in [3.8, 4) is 5.75 Å². The molecule has 4 nitrogen and oxygen atoms in total. The summed E-state index contributed by atoms with van der Waals surface area (Å²) >= 11 is 0. The van der Waals surface area contributed by atoms with Crippen LogP contribution < -0.4 is 15.4 Å². The Morgan fingerprint density at radius 1 is 1.24 bits per heavy atom. The lowest BCUT2D eigenvalue weighted by Gasteiger charge is -2.33. The largest absolute Gasteiger partial charge is 0.495 e. The van der Waals surface area contributed by atoms with Crippen LogP contribution in [0.15, 0.2) is 18.2 Å². The summed E-state index contributed by atoms with van der Waals surface area (Å²) < 4.78 is 10.6. The van der Waals surface area contributed by atoms with E-state index in [4.69, 9.17) is 15.2 Å². The van der Waals surface area contributed by atoms with Gasteiger partial charge in [-0.05, 0) is 25.0 Å². The average Bonchev–Trinajstić information content (AvgIpc) is 2.39. The molecule has 0 unspecified atom stereocenters. The number of benzene rings is 1. The van der Waals surface area contributed by atoms with Gasteiger partial charge in [0.05, 0.1) is 18.9 Å². The molecular formula is C13H20N2O2. The van der Waals surface area contributed by atoms with Crippen molar-refractivity contribution in [2.45, 2.75) is 18.9 Å². The Kier molecular flexibility index (Phi) is 3.74. The van der Waals surface area contributed by atoms with Gasteiger partial charge in [-0.3, -0.25) is 0 Å². The molecule has 1 aromatic carbocycles. The van der Waals surface area contributed by atoms with E-state index in [2.05, 4.69) is 4.90 Å². The Balaban J connectivity index is 2.08. The van der Waals surface area contributed by atoms with Gasteiger partial charge in [0, 0.05) is 32.0 Å². The van der Waals surface area contributed by atoms with Crippen molar-refractivity contribution in [2.75, 3.05) is 37.9 Å². The van der Waals surface area contributed by atoms with Crippen molar-refractivity contribution in [1.82, 2.24) is 0 Å². The molecule has 0 atom stereocenters. The Bertz CT molecular complexity index is 374. The fourth-order valence-corrected chi connectivity index (χ4v) is 2.25. The van der Waals surface area contributed by atoms with Gasteiger partial charge in [0.15, 0.2) is 0 Å². The van der Waals surface area contributed by atoms with Crippen LogP contribution in [-0.2, 0) is 4.74 Å². The van der Waals surface area contributed by atoms with Crippen molar-refractivity contribution < 1.29 is 9.47 Å². The molecule has 1 aliphatic heterocycles. The van der Waals surface area contributed by atoms with E-state index in [-0.39, 0.29) is 0 Å². The van der Waals surface area contributed by atoms with Gasteiger partial charge in [-0.15, -0.1) is 0 Å². The van der Waals surface area contributed by atoms with Crippen LogP contribution in [0, 0.1) is 0 Å². The standard InChI is InChI=1S/C13H20N2O2/c1-16-11-5-7-15(8-6-11)10-3-4-12(14)13(9-10)17-2/h3-4,9,11H,5-8,14H2,1-2H3. The van der Waals surface area contributed by atoms with Crippen LogP contribution in [0.5, 0.6) is 5.75 Å². The van der Waals surface area contributed by atoms with Crippen molar-refractivity contribution in [1.29, 1.82) is 0 Å². The van der Waals surface area contributed by atoms with Crippen molar-refractivity contribution in [3.63, 3.8) is 0 Å². The minimum absolute atomic E-state index is 0.405. The van der Waals surface area contributed by atoms with Crippen LogP contribution >= 0.6 is 0 Å². The van der Waals surface area contributed by atoms with Gasteiger partial charge in [0.2, 0.25) is 0 Å². The zero-order valence-corrected chi connectivity index (χ0v) is 10.5. The second kappa shape index (κ2) is 5.27. The van der Waals surface area contributed by atoms with E-state index in [0.717, 1.165) is 31.7 Å². The van der Waals surface area contributed by atoms with Gasteiger partial charge >= 0.3 is 0 Å². The number of nitrogens with two attached hydrogens (primary N) is 1. The summed E-state index contributed by atoms with van der Waals surface area (Å²) in [6, 6.07) is 5.95. The fourth-order valence-electron chi connectivity index (χ4n) is 2.25. The first-order valence-electron chi connectivity index (χ1n) is 5.96. The average molecular weight is 236 g/mol. The molecule has 0 aromatic heterocycles. The lowest BCUT2D eigenvalue weighted by molar-refractivity contribution is 0.0819. The van der Waals surface area contributed by atoms with Gasteiger partial charge in [-0.25, -0.2) is 0 Å². The molecule has 4 heteroatoms. The van der Waals surface area contributed by atoms with Crippen LogP contribution in [0.4, 0.5) is 11.4 Å². The summed E-state index contributed by atoms with van der Waals surface area (Å²) in [5.41, 5.74) is 7.66. The van der Waals surface area contributed by atoms with E-state index in [1.807, 2.05) is 18.2 Å². The lowest BCUT2D eigenvalue weighted by atomic mass is 10.1. The zero-order valence-electron chi connectivity index (χ0n) is 10.5. The smallest absolute Gasteiger partial charge is 0.143 e. The number of nitrogen functional groups attached to an aromatic ring is 1. The highest BCUT2D eigenvalue weighted by Crippen LogP contribution is 2.29. The third-order valence-electron chi connectivity index (χ3n) is 3.36. The Labute approximate surface area is 102 Å². The van der Waals surface area contributed by atoms with E-state index in [0.29, 0.717) is 11.8 Å². The topological polar surface area (TPSA) is 47.7 Å². The lowest BCUT2D eigenvalue weighted by Crippen LogP contribution is -2.36. The Morgan fingerprint density at radius 2 is 1.94 bits per heavy atom. The second-order valence-electron chi connectivity index (χ2n) is 4.35.